The number of nitrogens with zero attached hydrogens (tertiary/aromatic N) is 6. The Balaban J connectivity index is 1.20. The first-order chi connectivity index (χ1) is 13.3. The van der Waals surface area contributed by atoms with Gasteiger partial charge in [0.25, 0.3) is 0 Å². The number of nitrogens with one attached hydrogen (secondary N) is 3. The van der Waals surface area contributed by atoms with E-state index in [-0.39, 0.29) is 6.03 Å². The van der Waals surface area contributed by atoms with E-state index in [1.54, 1.807) is 18.5 Å². The summed E-state index contributed by atoms with van der Waals surface area (Å²) in [5.41, 5.74) is 2.00. The van der Waals surface area contributed by atoms with Gasteiger partial charge in [-0.3, -0.25) is 4.90 Å². The molecule has 0 spiro atoms. The van der Waals surface area contributed by atoms with Crippen LogP contribution in [0.4, 0.5) is 16.4 Å². The van der Waals surface area contributed by atoms with Crippen LogP contribution < -0.4 is 15.5 Å². The molecule has 3 aromatic rings. The van der Waals surface area contributed by atoms with Crippen molar-refractivity contribution in [2.24, 2.45) is 0 Å². The summed E-state index contributed by atoms with van der Waals surface area (Å²) in [6.45, 7) is 4.96. The van der Waals surface area contributed by atoms with Crippen LogP contribution in [0.1, 0.15) is 0 Å². The molecule has 3 N–H and O–H groups in total. The monoisotopic (exact) mass is 367 g/mol. The van der Waals surface area contributed by atoms with Crippen LogP contribution in [-0.2, 0) is 0 Å². The van der Waals surface area contributed by atoms with Gasteiger partial charge in [-0.2, -0.15) is 15.4 Å². The van der Waals surface area contributed by atoms with Gasteiger partial charge in [0.2, 0.25) is 5.95 Å². The molecule has 4 rings (SSSR count). The predicted molar refractivity (Wildman–Crippen MR) is 102 cm³/mol. The van der Waals surface area contributed by atoms with Crippen molar-refractivity contribution in [2.45, 2.75) is 0 Å². The van der Waals surface area contributed by atoms with Crippen molar-refractivity contribution in [1.29, 1.82) is 0 Å². The summed E-state index contributed by atoms with van der Waals surface area (Å²) in [5, 5.41) is 16.3. The number of para-hydroxylation sites is 1. The number of anilines is 2. The molecule has 10 nitrogen and oxygen atoms in total. The number of hydrogen-bond acceptors (Lipinski definition) is 7. The topological polar surface area (TPSA) is 115 Å². The first kappa shape index (κ1) is 17.2. The zero-order chi connectivity index (χ0) is 18.5. The molecule has 0 saturated carbocycles. The van der Waals surface area contributed by atoms with Crippen molar-refractivity contribution < 1.29 is 4.79 Å². The molecular weight excluding hydrogens is 346 g/mol. The third-order valence-corrected chi connectivity index (χ3v) is 4.52. The van der Waals surface area contributed by atoms with E-state index in [9.17, 15) is 4.79 Å². The normalized spacial score (nSPS) is 15.0. The number of fused-ring (bicyclic) bond motifs is 1. The fraction of sp³-hybridized carbons (Fsp3) is 0.353. The summed E-state index contributed by atoms with van der Waals surface area (Å²) >= 11 is 0. The maximum Gasteiger partial charge on any atom is 0.319 e. The molecule has 1 aliphatic rings. The highest BCUT2D eigenvalue weighted by Crippen LogP contribution is 2.18. The van der Waals surface area contributed by atoms with Crippen LogP contribution in [-0.4, -0.2) is 75.6 Å². The van der Waals surface area contributed by atoms with Gasteiger partial charge in [0, 0.05) is 51.7 Å². The molecule has 1 aromatic carbocycles. The second kappa shape index (κ2) is 7.96. The van der Waals surface area contributed by atoms with Gasteiger partial charge in [-0.25, -0.2) is 14.8 Å². The molecule has 0 atom stereocenters. The molecule has 2 amide bonds. The molecule has 0 unspecified atom stereocenters. The number of benzene rings is 1. The van der Waals surface area contributed by atoms with E-state index in [1.807, 2.05) is 18.2 Å². The van der Waals surface area contributed by atoms with Crippen LogP contribution in [0.25, 0.3) is 11.0 Å². The number of urea groups is 1. The fourth-order valence-corrected chi connectivity index (χ4v) is 3.09. The number of aromatic amines is 1. The standard InChI is InChI=1S/C17H21N9O/c27-17(21-13-3-1-4-14-15(13)23-24-22-14)20-7-8-25-9-11-26(12-10-25)16-18-5-2-6-19-16/h1-6H,7-12H2,(H2,20,21,27)(H,22,23,24). The molecule has 3 heterocycles. The molecule has 1 fully saturated rings. The van der Waals surface area contributed by atoms with Crippen LogP contribution in [0.5, 0.6) is 0 Å². The van der Waals surface area contributed by atoms with Gasteiger partial charge in [0.05, 0.1) is 5.69 Å². The van der Waals surface area contributed by atoms with Crippen molar-refractivity contribution in [3.63, 3.8) is 0 Å². The molecule has 140 valence electrons. The number of carbonyl (C=O) groups excluding carboxylic acids is 1. The van der Waals surface area contributed by atoms with Crippen molar-refractivity contribution in [3.05, 3.63) is 36.7 Å². The number of aromatic nitrogens is 5. The van der Waals surface area contributed by atoms with E-state index in [1.165, 1.54) is 0 Å². The zero-order valence-corrected chi connectivity index (χ0v) is 14.8. The minimum Gasteiger partial charge on any atom is -0.338 e. The lowest BCUT2D eigenvalue weighted by atomic mass is 10.2. The number of H-pyrrole nitrogens is 1. The fourth-order valence-electron chi connectivity index (χ4n) is 3.09. The summed E-state index contributed by atoms with van der Waals surface area (Å²) < 4.78 is 0. The first-order valence-electron chi connectivity index (χ1n) is 8.88. The Bertz CT molecular complexity index is 890. The largest absolute Gasteiger partial charge is 0.338 e. The van der Waals surface area contributed by atoms with Gasteiger partial charge < -0.3 is 15.5 Å². The molecule has 0 bridgehead atoms. The maximum absolute atomic E-state index is 12.1. The predicted octanol–water partition coefficient (Wildman–Crippen LogP) is 0.692. The Morgan fingerprint density at radius 1 is 1.07 bits per heavy atom. The highest BCUT2D eigenvalue weighted by Gasteiger charge is 2.18. The van der Waals surface area contributed by atoms with Gasteiger partial charge in [-0.1, -0.05) is 6.07 Å². The molecule has 2 aromatic heterocycles. The van der Waals surface area contributed by atoms with Gasteiger partial charge in [-0.15, -0.1) is 0 Å². The smallest absolute Gasteiger partial charge is 0.319 e. The van der Waals surface area contributed by atoms with Crippen molar-refractivity contribution in [1.82, 2.24) is 35.6 Å². The summed E-state index contributed by atoms with van der Waals surface area (Å²) in [5.74, 6) is 0.775. The average Bonchev–Trinajstić information content (AvgIpc) is 3.19. The molecule has 0 aliphatic carbocycles. The van der Waals surface area contributed by atoms with Gasteiger partial charge >= 0.3 is 6.03 Å². The zero-order valence-electron chi connectivity index (χ0n) is 14.8. The molecule has 1 aliphatic heterocycles. The Morgan fingerprint density at radius 2 is 1.89 bits per heavy atom. The number of amides is 2. The lowest BCUT2D eigenvalue weighted by Crippen LogP contribution is -2.49. The van der Waals surface area contributed by atoms with Crippen molar-refractivity contribution >= 4 is 28.7 Å². The van der Waals surface area contributed by atoms with Crippen LogP contribution >= 0.6 is 0 Å². The van der Waals surface area contributed by atoms with Crippen LogP contribution in [0.3, 0.4) is 0 Å². The third kappa shape index (κ3) is 4.11. The first-order valence-corrected chi connectivity index (χ1v) is 8.88. The van der Waals surface area contributed by atoms with E-state index in [4.69, 9.17) is 0 Å². The van der Waals surface area contributed by atoms with Crippen molar-refractivity contribution in [2.75, 3.05) is 49.5 Å². The average molecular weight is 367 g/mol. The van der Waals surface area contributed by atoms with E-state index < -0.39 is 0 Å². The summed E-state index contributed by atoms with van der Waals surface area (Å²) in [4.78, 5) is 25.2. The summed E-state index contributed by atoms with van der Waals surface area (Å²) in [7, 11) is 0. The van der Waals surface area contributed by atoms with E-state index >= 15 is 0 Å². The van der Waals surface area contributed by atoms with E-state index in [2.05, 4.69) is 45.8 Å². The summed E-state index contributed by atoms with van der Waals surface area (Å²) in [6.07, 6.45) is 3.52. The lowest BCUT2D eigenvalue weighted by molar-refractivity contribution is 0.240. The van der Waals surface area contributed by atoms with Crippen molar-refractivity contribution in [3.8, 4) is 0 Å². The summed E-state index contributed by atoms with van der Waals surface area (Å²) in [6, 6.07) is 7.04. The third-order valence-electron chi connectivity index (χ3n) is 4.52. The highest BCUT2D eigenvalue weighted by atomic mass is 16.2. The van der Waals surface area contributed by atoms with Gasteiger partial charge in [0.15, 0.2) is 0 Å². The van der Waals surface area contributed by atoms with Crippen LogP contribution in [0.2, 0.25) is 0 Å². The van der Waals surface area contributed by atoms with Crippen LogP contribution in [0, 0.1) is 0 Å². The molecular formula is C17H21N9O. The molecule has 1 saturated heterocycles. The Labute approximate surface area is 156 Å². The van der Waals surface area contributed by atoms with Gasteiger partial charge in [-0.05, 0) is 18.2 Å². The Hall–Kier alpha value is -3.27. The second-order valence-electron chi connectivity index (χ2n) is 6.26. The Kier molecular flexibility index (Phi) is 5.06. The quantitative estimate of drug-likeness (QED) is 0.608. The number of rotatable bonds is 5. The minimum atomic E-state index is -0.248. The second-order valence-corrected chi connectivity index (χ2v) is 6.26. The number of piperazine rings is 1. The molecule has 0 radical (unpaired) electrons. The Morgan fingerprint density at radius 3 is 2.70 bits per heavy atom. The number of carbonyl (C=O) groups is 1. The SMILES string of the molecule is O=C(NCCN1CCN(c2ncccn2)CC1)Nc1cccc2n[nH]nc12. The minimum absolute atomic E-state index is 0.248. The maximum atomic E-state index is 12.1. The van der Waals surface area contributed by atoms with E-state index in [0.29, 0.717) is 23.3 Å². The lowest BCUT2D eigenvalue weighted by Gasteiger charge is -2.34. The van der Waals surface area contributed by atoms with E-state index in [0.717, 1.165) is 38.7 Å². The highest BCUT2D eigenvalue weighted by molar-refractivity contribution is 5.98. The molecule has 27 heavy (non-hydrogen) atoms. The number of hydrogen-bond donors (Lipinski definition) is 3. The van der Waals surface area contributed by atoms with Crippen LogP contribution in [0.15, 0.2) is 36.7 Å². The van der Waals surface area contributed by atoms with Gasteiger partial charge in [0.1, 0.15) is 11.0 Å². The molecule has 10 heteroatoms.